The summed E-state index contributed by atoms with van der Waals surface area (Å²) >= 11 is 12.0. The van der Waals surface area contributed by atoms with Gasteiger partial charge in [-0.1, -0.05) is 29.3 Å². The van der Waals surface area contributed by atoms with Crippen LogP contribution in [0.15, 0.2) is 58.2 Å². The molecule has 0 aliphatic heterocycles. The molecule has 166 valence electrons. The summed E-state index contributed by atoms with van der Waals surface area (Å²) in [5, 5.41) is 3.13. The molecule has 0 unspecified atom stereocenters. The van der Waals surface area contributed by atoms with Crippen LogP contribution in [0.5, 0.6) is 0 Å². The molecule has 0 bridgehead atoms. The Morgan fingerprint density at radius 2 is 1.75 bits per heavy atom. The van der Waals surface area contributed by atoms with Crippen LogP contribution in [0.1, 0.15) is 11.1 Å². The predicted octanol–water partition coefficient (Wildman–Crippen LogP) is 5.07. The molecule has 0 radical (unpaired) electrons. The van der Waals surface area contributed by atoms with E-state index < -0.39 is 27.2 Å². The van der Waals surface area contributed by atoms with E-state index in [1.165, 1.54) is 35.0 Å². The summed E-state index contributed by atoms with van der Waals surface area (Å²) in [5.41, 5.74) is 1.12. The van der Waals surface area contributed by atoms with Crippen LogP contribution in [0.4, 0.5) is 14.5 Å². The first-order valence-corrected chi connectivity index (χ1v) is 11.4. The average molecular weight is 498 g/mol. The van der Waals surface area contributed by atoms with Crippen molar-refractivity contribution in [1.29, 1.82) is 0 Å². The van der Waals surface area contributed by atoms with E-state index >= 15 is 0 Å². The Morgan fingerprint density at radius 1 is 1.00 bits per heavy atom. The Hall–Kier alpha value is -2.88. The van der Waals surface area contributed by atoms with E-state index in [4.69, 9.17) is 23.2 Å². The van der Waals surface area contributed by atoms with Crippen molar-refractivity contribution in [3.8, 4) is 0 Å². The van der Waals surface area contributed by atoms with Crippen molar-refractivity contribution in [1.82, 2.24) is 9.78 Å². The van der Waals surface area contributed by atoms with Crippen molar-refractivity contribution in [2.24, 2.45) is 0 Å². The second kappa shape index (κ2) is 8.23. The number of anilines is 1. The summed E-state index contributed by atoms with van der Waals surface area (Å²) in [6.07, 6.45) is 0. The highest BCUT2D eigenvalue weighted by Gasteiger charge is 2.20. The fourth-order valence-electron chi connectivity index (χ4n) is 3.25. The zero-order valence-corrected chi connectivity index (χ0v) is 18.7. The van der Waals surface area contributed by atoms with Crippen molar-refractivity contribution in [2.45, 2.75) is 18.4 Å². The van der Waals surface area contributed by atoms with Gasteiger partial charge in [-0.3, -0.25) is 19.3 Å². The first-order valence-electron chi connectivity index (χ1n) is 9.20. The predicted molar refractivity (Wildman–Crippen MR) is 120 cm³/mol. The first kappa shape index (κ1) is 22.3. The molecule has 0 aliphatic carbocycles. The molecule has 4 rings (SSSR count). The van der Waals surface area contributed by atoms with Crippen LogP contribution < -0.4 is 10.3 Å². The van der Waals surface area contributed by atoms with Crippen LogP contribution >= 0.6 is 23.2 Å². The van der Waals surface area contributed by atoms with Crippen molar-refractivity contribution >= 4 is 49.8 Å². The lowest BCUT2D eigenvalue weighted by molar-refractivity contribution is 0.506. The molecule has 0 amide bonds. The van der Waals surface area contributed by atoms with Gasteiger partial charge < -0.3 is 0 Å². The largest absolute Gasteiger partial charge is 0.280 e. The third-order valence-electron chi connectivity index (χ3n) is 4.85. The van der Waals surface area contributed by atoms with Crippen molar-refractivity contribution < 1.29 is 17.2 Å². The van der Waals surface area contributed by atoms with Gasteiger partial charge >= 0.3 is 0 Å². The Labute approximate surface area is 191 Å². The van der Waals surface area contributed by atoms with Crippen LogP contribution in [0.3, 0.4) is 0 Å². The number of hydrogen-bond donors (Lipinski definition) is 2. The Balaban J connectivity index is 1.67. The van der Waals surface area contributed by atoms with Gasteiger partial charge in [0.2, 0.25) is 0 Å². The lowest BCUT2D eigenvalue weighted by Crippen LogP contribution is -2.14. The van der Waals surface area contributed by atoms with Gasteiger partial charge in [0.15, 0.2) is 11.6 Å². The topological polar surface area (TPSA) is 84.0 Å². The third-order valence-corrected chi connectivity index (χ3v) is 7.10. The van der Waals surface area contributed by atoms with Gasteiger partial charge in [-0.05, 0) is 60.5 Å². The fraction of sp³-hybridized carbons (Fsp3) is 0.0952. The summed E-state index contributed by atoms with van der Waals surface area (Å²) in [6, 6.07) is 10.6. The van der Waals surface area contributed by atoms with Gasteiger partial charge in [0.25, 0.3) is 15.6 Å². The average Bonchev–Trinajstić information content (AvgIpc) is 3.02. The van der Waals surface area contributed by atoms with Gasteiger partial charge in [-0.25, -0.2) is 17.2 Å². The van der Waals surface area contributed by atoms with E-state index in [-0.39, 0.29) is 27.5 Å². The molecular weight excluding hydrogens is 483 g/mol. The number of halogens is 4. The second-order valence-electron chi connectivity index (χ2n) is 7.14. The lowest BCUT2D eigenvalue weighted by atomic mass is 10.2. The third kappa shape index (κ3) is 4.23. The van der Waals surface area contributed by atoms with Crippen molar-refractivity contribution in [3.63, 3.8) is 0 Å². The highest BCUT2D eigenvalue weighted by Crippen LogP contribution is 2.30. The van der Waals surface area contributed by atoms with Gasteiger partial charge in [-0.15, -0.1) is 0 Å². The highest BCUT2D eigenvalue weighted by molar-refractivity contribution is 7.92. The Kier molecular flexibility index (Phi) is 5.74. The molecule has 0 atom stereocenters. The minimum atomic E-state index is -4.05. The quantitative estimate of drug-likeness (QED) is 0.403. The normalized spacial score (nSPS) is 11.8. The molecule has 0 fully saturated rings. The van der Waals surface area contributed by atoms with Gasteiger partial charge in [0, 0.05) is 10.7 Å². The summed E-state index contributed by atoms with van der Waals surface area (Å²) in [6.45, 7) is 1.74. The standard InChI is InChI=1S/C21H15Cl2F2N3O3S/c1-11-6-20(16(23)9-15(11)22)32(30,31)27-13-3-5-19-14(8-13)21(29)26-28(19)10-12-2-4-17(24)18(25)7-12/h2-9,27H,10H2,1H3,(H,26,29). The maximum absolute atomic E-state index is 13.5. The van der Waals surface area contributed by atoms with Gasteiger partial charge in [0.05, 0.1) is 22.5 Å². The Bertz CT molecular complexity index is 1530. The molecule has 11 heteroatoms. The molecule has 3 aromatic carbocycles. The van der Waals surface area contributed by atoms with E-state index in [1.54, 1.807) is 13.0 Å². The van der Waals surface area contributed by atoms with Crippen LogP contribution in [-0.2, 0) is 16.6 Å². The number of sulfonamides is 1. The molecule has 1 aromatic heterocycles. The summed E-state index contributed by atoms with van der Waals surface area (Å²) in [7, 11) is -4.05. The minimum absolute atomic E-state index is 0.0373. The zero-order valence-electron chi connectivity index (χ0n) is 16.4. The number of nitrogens with one attached hydrogen (secondary N) is 2. The number of rotatable bonds is 5. The van der Waals surface area contributed by atoms with E-state index in [2.05, 4.69) is 9.82 Å². The van der Waals surface area contributed by atoms with Crippen LogP contribution in [-0.4, -0.2) is 18.2 Å². The highest BCUT2D eigenvalue weighted by atomic mass is 35.5. The number of hydrogen-bond acceptors (Lipinski definition) is 3. The minimum Gasteiger partial charge on any atom is -0.280 e. The van der Waals surface area contributed by atoms with E-state index in [0.717, 1.165) is 12.1 Å². The lowest BCUT2D eigenvalue weighted by Gasteiger charge is -2.11. The SMILES string of the molecule is Cc1cc(S(=O)(=O)Nc2ccc3c(c2)c(=O)[nH]n3Cc2ccc(F)c(F)c2)c(Cl)cc1Cl. The van der Waals surface area contributed by atoms with Crippen LogP contribution in [0.25, 0.3) is 10.9 Å². The molecule has 0 saturated carbocycles. The van der Waals surface area contributed by atoms with E-state index in [9.17, 15) is 22.0 Å². The molecule has 0 spiro atoms. The van der Waals surface area contributed by atoms with Crippen LogP contribution in [0.2, 0.25) is 10.0 Å². The molecule has 0 saturated heterocycles. The molecule has 32 heavy (non-hydrogen) atoms. The molecule has 1 heterocycles. The smallest absolute Gasteiger partial charge is 0.272 e. The number of benzene rings is 3. The number of H-pyrrole nitrogens is 1. The molecule has 2 N–H and O–H groups in total. The number of aromatic nitrogens is 2. The number of aromatic amines is 1. The first-order chi connectivity index (χ1) is 15.0. The number of nitrogens with zero attached hydrogens (tertiary/aromatic N) is 1. The van der Waals surface area contributed by atoms with Crippen LogP contribution in [0, 0.1) is 18.6 Å². The van der Waals surface area contributed by atoms with Gasteiger partial charge in [-0.2, -0.15) is 0 Å². The van der Waals surface area contributed by atoms with Crippen molar-refractivity contribution in [3.05, 3.63) is 91.7 Å². The van der Waals surface area contributed by atoms with E-state index in [1.807, 2.05) is 0 Å². The Morgan fingerprint density at radius 3 is 2.47 bits per heavy atom. The van der Waals surface area contributed by atoms with E-state index in [0.29, 0.717) is 21.7 Å². The second-order valence-corrected chi connectivity index (χ2v) is 9.61. The molecular formula is C21H15Cl2F2N3O3S. The van der Waals surface area contributed by atoms with Gasteiger partial charge in [0.1, 0.15) is 4.90 Å². The molecule has 6 nitrogen and oxygen atoms in total. The summed E-state index contributed by atoms with van der Waals surface area (Å²) < 4.78 is 56.1. The molecule has 4 aromatic rings. The number of fused-ring (bicyclic) bond motifs is 1. The fourth-order valence-corrected chi connectivity index (χ4v) is 5.13. The zero-order chi connectivity index (χ0) is 23.2. The number of aryl methyl sites for hydroxylation is 1. The maximum Gasteiger partial charge on any atom is 0.272 e. The monoisotopic (exact) mass is 497 g/mol. The van der Waals surface area contributed by atoms with Crippen molar-refractivity contribution in [2.75, 3.05) is 4.72 Å². The molecule has 0 aliphatic rings. The maximum atomic E-state index is 13.5. The summed E-state index contributed by atoms with van der Waals surface area (Å²) in [4.78, 5) is 12.3. The summed E-state index contributed by atoms with van der Waals surface area (Å²) in [5.74, 6) is -1.96.